The quantitative estimate of drug-likeness (QED) is 0.698. The van der Waals surface area contributed by atoms with Crippen LogP contribution in [-0.2, 0) is 9.53 Å². The third-order valence-electron chi connectivity index (χ3n) is 6.42. The lowest BCUT2D eigenvalue weighted by Crippen LogP contribution is -2.68. The highest BCUT2D eigenvalue weighted by Gasteiger charge is 2.50. The van der Waals surface area contributed by atoms with Crippen molar-refractivity contribution in [2.45, 2.75) is 50.0 Å². The van der Waals surface area contributed by atoms with Crippen LogP contribution in [-0.4, -0.2) is 59.0 Å². The molecule has 0 aromatic carbocycles. The van der Waals surface area contributed by atoms with E-state index >= 15 is 0 Å². The van der Waals surface area contributed by atoms with Gasteiger partial charge in [-0.15, -0.1) is 0 Å². The third-order valence-corrected chi connectivity index (χ3v) is 6.42. The maximum atomic E-state index is 12.7. The summed E-state index contributed by atoms with van der Waals surface area (Å²) in [5, 5.41) is 9.23. The van der Waals surface area contributed by atoms with E-state index in [-0.39, 0.29) is 24.2 Å². The molecule has 0 spiro atoms. The van der Waals surface area contributed by atoms with Crippen molar-refractivity contribution in [3.8, 4) is 0 Å². The van der Waals surface area contributed by atoms with Crippen LogP contribution >= 0.6 is 0 Å². The van der Waals surface area contributed by atoms with Gasteiger partial charge in [0.05, 0.1) is 18.2 Å². The Morgan fingerprint density at radius 2 is 1.88 bits per heavy atom. The highest BCUT2D eigenvalue weighted by molar-refractivity contribution is 5.81. The highest BCUT2D eigenvalue weighted by Crippen LogP contribution is 2.43. The molecule has 0 bridgehead atoms. The van der Waals surface area contributed by atoms with Gasteiger partial charge in [0, 0.05) is 50.0 Å². The maximum Gasteiger partial charge on any atom is 0.228 e. The van der Waals surface area contributed by atoms with Crippen molar-refractivity contribution >= 4 is 5.91 Å². The highest BCUT2D eigenvalue weighted by atomic mass is 16.5. The van der Waals surface area contributed by atoms with Gasteiger partial charge in [-0.25, -0.2) is 15.0 Å². The van der Waals surface area contributed by atoms with Gasteiger partial charge in [-0.05, 0) is 31.7 Å². The minimum absolute atomic E-state index is 0.0199. The van der Waals surface area contributed by atoms with Gasteiger partial charge in [-0.3, -0.25) is 15.5 Å². The first kappa shape index (κ1) is 16.6. The number of hydrogen-bond donors (Lipinski definition) is 3. The Morgan fingerprint density at radius 3 is 2.62 bits per heavy atom. The van der Waals surface area contributed by atoms with Crippen molar-refractivity contribution in [3.63, 3.8) is 0 Å². The zero-order valence-electron chi connectivity index (χ0n) is 14.8. The molecular weight excluding hydrogens is 332 g/mol. The Labute approximate surface area is 153 Å². The van der Waals surface area contributed by atoms with E-state index in [1.54, 1.807) is 12.4 Å². The van der Waals surface area contributed by atoms with Crippen LogP contribution in [0.15, 0.2) is 18.5 Å². The van der Waals surface area contributed by atoms with E-state index in [9.17, 15) is 4.79 Å². The summed E-state index contributed by atoms with van der Waals surface area (Å²) in [6.07, 6.45) is 7.82. The minimum Gasteiger partial charge on any atom is -0.381 e. The number of hydrogen-bond acceptors (Lipinski definition) is 7. The van der Waals surface area contributed by atoms with Crippen LogP contribution < -0.4 is 16.1 Å². The van der Waals surface area contributed by atoms with Gasteiger partial charge in [-0.1, -0.05) is 0 Å². The topological polar surface area (TPSA) is 91.4 Å². The normalized spacial score (nSPS) is 38.5. The van der Waals surface area contributed by atoms with Crippen LogP contribution in [0.3, 0.4) is 0 Å². The zero-order chi connectivity index (χ0) is 17.5. The molecule has 3 N–H and O–H groups in total. The van der Waals surface area contributed by atoms with E-state index < -0.39 is 0 Å². The Hall–Kier alpha value is -1.61. The number of ether oxygens (including phenoxy) is 1. The summed E-state index contributed by atoms with van der Waals surface area (Å²) < 4.78 is 5.50. The monoisotopic (exact) mass is 358 g/mol. The van der Waals surface area contributed by atoms with Gasteiger partial charge in [0.1, 0.15) is 5.82 Å². The number of carbonyl (C=O) groups excluding carboxylic acids is 1. The molecule has 3 unspecified atom stereocenters. The number of aromatic nitrogens is 2. The van der Waals surface area contributed by atoms with Crippen LogP contribution in [0.25, 0.3) is 0 Å². The fraction of sp³-hybridized carbons (Fsp3) is 0.722. The van der Waals surface area contributed by atoms with E-state index in [0.717, 1.165) is 44.7 Å². The molecule has 1 aromatic rings. The maximum absolute atomic E-state index is 12.7. The molecular formula is C18H26N6O2. The molecule has 1 saturated carbocycles. The standard InChI is InChI=1S/C18H26N6O2/c25-18-14-10-21-24(11-4-8-26-9-5-11)17(14)22-16(23-18)13-3-2-12(13)15-19-6-1-7-20-15/h1,6-7,11-14,16-17,21-22H,2-5,8-10H2,(H,23,25)/t12-,13-,14?,16?,17?/m1/s1. The summed E-state index contributed by atoms with van der Waals surface area (Å²) in [5.41, 5.74) is 3.47. The van der Waals surface area contributed by atoms with E-state index in [4.69, 9.17) is 4.74 Å². The number of rotatable bonds is 3. The van der Waals surface area contributed by atoms with E-state index in [1.165, 1.54) is 0 Å². The van der Waals surface area contributed by atoms with Gasteiger partial charge in [0.25, 0.3) is 0 Å². The van der Waals surface area contributed by atoms with Crippen molar-refractivity contribution in [1.82, 2.24) is 31.0 Å². The van der Waals surface area contributed by atoms with Crippen molar-refractivity contribution in [2.75, 3.05) is 19.8 Å². The fourth-order valence-corrected chi connectivity index (χ4v) is 4.82. The fourth-order valence-electron chi connectivity index (χ4n) is 4.82. The summed E-state index contributed by atoms with van der Waals surface area (Å²) in [7, 11) is 0. The van der Waals surface area contributed by atoms with Crippen molar-refractivity contribution < 1.29 is 9.53 Å². The Kier molecular flexibility index (Phi) is 4.36. The second-order valence-electron chi connectivity index (χ2n) is 7.77. The Bertz CT molecular complexity index is 652. The predicted molar refractivity (Wildman–Crippen MR) is 93.5 cm³/mol. The van der Waals surface area contributed by atoms with Gasteiger partial charge < -0.3 is 10.1 Å². The molecule has 4 aliphatic rings. The molecule has 26 heavy (non-hydrogen) atoms. The second kappa shape index (κ2) is 6.84. The molecule has 8 heteroatoms. The van der Waals surface area contributed by atoms with Crippen LogP contribution in [0.2, 0.25) is 0 Å². The molecule has 1 amide bonds. The van der Waals surface area contributed by atoms with Crippen LogP contribution in [0.5, 0.6) is 0 Å². The van der Waals surface area contributed by atoms with E-state index in [0.29, 0.717) is 24.4 Å². The van der Waals surface area contributed by atoms with Crippen LogP contribution in [0.4, 0.5) is 0 Å². The molecule has 1 aliphatic carbocycles. The van der Waals surface area contributed by atoms with Crippen molar-refractivity contribution in [3.05, 3.63) is 24.3 Å². The lowest BCUT2D eigenvalue weighted by molar-refractivity contribution is -0.132. The van der Waals surface area contributed by atoms with Gasteiger partial charge in [0.15, 0.2) is 0 Å². The Balaban J connectivity index is 1.31. The number of fused-ring (bicyclic) bond motifs is 1. The molecule has 3 aliphatic heterocycles. The first-order valence-corrected chi connectivity index (χ1v) is 9.74. The van der Waals surface area contributed by atoms with Crippen molar-refractivity contribution in [1.29, 1.82) is 0 Å². The van der Waals surface area contributed by atoms with Crippen LogP contribution in [0, 0.1) is 11.8 Å². The second-order valence-corrected chi connectivity index (χ2v) is 7.77. The van der Waals surface area contributed by atoms with Crippen LogP contribution in [0.1, 0.15) is 37.4 Å². The van der Waals surface area contributed by atoms with Gasteiger partial charge in [0.2, 0.25) is 5.91 Å². The average Bonchev–Trinajstić information content (AvgIpc) is 3.07. The van der Waals surface area contributed by atoms with Crippen molar-refractivity contribution in [2.24, 2.45) is 11.8 Å². The predicted octanol–water partition coefficient (Wildman–Crippen LogP) is -0.0428. The minimum atomic E-state index is -0.0411. The SMILES string of the molecule is O=C1NC([C@@H]2CC[C@H]2c2ncccn2)NC2C1CNN2C1CCOCC1. The number of carbonyl (C=O) groups is 1. The van der Waals surface area contributed by atoms with E-state index in [2.05, 4.69) is 31.0 Å². The number of nitrogens with zero attached hydrogens (tertiary/aromatic N) is 3. The molecule has 5 rings (SSSR count). The lowest BCUT2D eigenvalue weighted by Gasteiger charge is -2.47. The summed E-state index contributed by atoms with van der Waals surface area (Å²) in [6, 6.07) is 2.27. The summed E-state index contributed by atoms with van der Waals surface area (Å²) >= 11 is 0. The molecule has 140 valence electrons. The smallest absolute Gasteiger partial charge is 0.228 e. The summed E-state index contributed by atoms with van der Waals surface area (Å²) in [4.78, 5) is 21.6. The van der Waals surface area contributed by atoms with E-state index in [1.807, 2.05) is 6.07 Å². The average molecular weight is 358 g/mol. The number of hydrazine groups is 1. The summed E-state index contributed by atoms with van der Waals surface area (Å²) in [5.74, 6) is 1.67. The van der Waals surface area contributed by atoms with Gasteiger partial charge in [-0.2, -0.15) is 0 Å². The zero-order valence-corrected chi connectivity index (χ0v) is 14.8. The first-order valence-electron chi connectivity index (χ1n) is 9.74. The molecule has 4 heterocycles. The Morgan fingerprint density at radius 1 is 1.08 bits per heavy atom. The number of nitrogens with one attached hydrogen (secondary N) is 3. The molecule has 3 saturated heterocycles. The lowest BCUT2D eigenvalue weighted by atomic mass is 9.70. The van der Waals surface area contributed by atoms with Gasteiger partial charge >= 0.3 is 0 Å². The summed E-state index contributed by atoms with van der Waals surface area (Å²) in [6.45, 7) is 2.29. The largest absolute Gasteiger partial charge is 0.381 e. The number of amides is 1. The first-order chi connectivity index (χ1) is 12.8. The molecule has 1 aromatic heterocycles. The molecule has 5 atom stereocenters. The molecule has 0 radical (unpaired) electrons. The molecule has 8 nitrogen and oxygen atoms in total. The molecule has 4 fully saturated rings. The third kappa shape index (κ3) is 2.81.